The summed E-state index contributed by atoms with van der Waals surface area (Å²) >= 11 is 11.4. The first-order valence-electron chi connectivity index (χ1n) is 14.6. The molecule has 11 heteroatoms. The maximum atomic E-state index is 14.0. The van der Waals surface area contributed by atoms with Crippen LogP contribution >= 0.6 is 39.3 Å². The van der Waals surface area contributed by atoms with Crippen LogP contribution < -0.4 is 20.1 Å². The summed E-state index contributed by atoms with van der Waals surface area (Å²) in [6.45, 7) is 8.73. The number of nitrogens with zero attached hydrogens (tertiary/aromatic N) is 3. The second-order valence-electron chi connectivity index (χ2n) is 10.4. The van der Waals surface area contributed by atoms with Gasteiger partial charge in [-0.3, -0.25) is 4.79 Å². The van der Waals surface area contributed by atoms with E-state index in [4.69, 9.17) is 31.2 Å². The van der Waals surface area contributed by atoms with Gasteiger partial charge in [0.2, 0.25) is 11.1 Å². The lowest BCUT2D eigenvalue weighted by Gasteiger charge is -2.29. The Hall–Kier alpha value is -3.47. The number of hydrogen-bond acceptors (Lipinski definition) is 7. The molecule has 0 spiro atoms. The van der Waals surface area contributed by atoms with Gasteiger partial charge in [-0.05, 0) is 96.2 Å². The van der Waals surface area contributed by atoms with Crippen molar-refractivity contribution in [1.82, 2.24) is 14.8 Å². The van der Waals surface area contributed by atoms with E-state index in [2.05, 4.69) is 33.5 Å². The number of halogens is 2. The summed E-state index contributed by atoms with van der Waals surface area (Å²) in [6.07, 6.45) is 2.15. The first-order chi connectivity index (χ1) is 21.3. The average molecular weight is 697 g/mol. The number of ether oxygens (including phenoxy) is 2. The van der Waals surface area contributed by atoms with E-state index in [9.17, 15) is 4.79 Å². The number of benzene rings is 3. The number of anilines is 2. The molecule has 8 nitrogen and oxygen atoms in total. The van der Waals surface area contributed by atoms with Crippen LogP contribution in [0.2, 0.25) is 5.02 Å². The molecule has 44 heavy (non-hydrogen) atoms. The molecule has 1 aliphatic heterocycles. The zero-order valence-corrected chi connectivity index (χ0v) is 28.3. The Morgan fingerprint density at radius 3 is 2.64 bits per heavy atom. The predicted octanol–water partition coefficient (Wildman–Crippen LogP) is 8.80. The molecule has 1 aromatic heterocycles. The molecule has 1 amide bonds. The standard InChI is InChI=1S/C33H35BrClN5O3S/c1-5-7-15-44-33-38-32-36-21(4)28(31(41)37-25-10-8-9-20(3)16-25)29(40(32)39-33)23-17-26(34)30(27(18-23)42-6-2)43-19-22-11-13-24(35)14-12-22/h8-14,16-18,29H,5-7,15,19H2,1-4H3,(H,37,41)(H,36,38,39). The van der Waals surface area contributed by atoms with Gasteiger partial charge >= 0.3 is 0 Å². The number of thioether (sulfide) groups is 1. The molecule has 3 aromatic carbocycles. The van der Waals surface area contributed by atoms with Gasteiger partial charge in [-0.2, -0.15) is 4.98 Å². The van der Waals surface area contributed by atoms with E-state index in [-0.39, 0.29) is 5.91 Å². The molecule has 1 unspecified atom stereocenters. The molecule has 0 saturated carbocycles. The van der Waals surface area contributed by atoms with Gasteiger partial charge in [0.05, 0.1) is 16.7 Å². The summed E-state index contributed by atoms with van der Waals surface area (Å²) < 4.78 is 14.8. The second-order valence-corrected chi connectivity index (χ2v) is 12.8. The van der Waals surface area contributed by atoms with Crippen LogP contribution in [0.5, 0.6) is 11.5 Å². The van der Waals surface area contributed by atoms with Gasteiger partial charge in [-0.25, -0.2) is 4.68 Å². The molecule has 0 bridgehead atoms. The minimum absolute atomic E-state index is 0.232. The van der Waals surface area contributed by atoms with Gasteiger partial charge in [0.1, 0.15) is 12.6 Å². The largest absolute Gasteiger partial charge is 0.490 e. The molecule has 0 aliphatic carbocycles. The van der Waals surface area contributed by atoms with Crippen LogP contribution in [0.3, 0.4) is 0 Å². The molecule has 5 rings (SSSR count). The first kappa shape index (κ1) is 31.9. The molecule has 2 N–H and O–H groups in total. The zero-order chi connectivity index (χ0) is 31.2. The Morgan fingerprint density at radius 2 is 1.91 bits per heavy atom. The van der Waals surface area contributed by atoms with Crippen molar-refractivity contribution in [2.24, 2.45) is 0 Å². The van der Waals surface area contributed by atoms with Crippen molar-refractivity contribution in [2.45, 2.75) is 58.3 Å². The van der Waals surface area contributed by atoms with E-state index in [0.717, 1.165) is 41.0 Å². The lowest BCUT2D eigenvalue weighted by atomic mass is 9.94. The van der Waals surface area contributed by atoms with Crippen LogP contribution in [0.25, 0.3) is 0 Å². The highest BCUT2D eigenvalue weighted by atomic mass is 79.9. The van der Waals surface area contributed by atoms with E-state index in [0.29, 0.717) is 56.6 Å². The van der Waals surface area contributed by atoms with Gasteiger partial charge in [-0.1, -0.05) is 61.0 Å². The number of carbonyl (C=O) groups excluding carboxylic acids is 1. The predicted molar refractivity (Wildman–Crippen MR) is 181 cm³/mol. The number of unbranched alkanes of at least 4 members (excludes halogenated alkanes) is 1. The fourth-order valence-corrected chi connectivity index (χ4v) is 6.52. The third-order valence-corrected chi connectivity index (χ3v) is 8.79. The van der Waals surface area contributed by atoms with Gasteiger partial charge in [0.15, 0.2) is 11.5 Å². The minimum Gasteiger partial charge on any atom is -0.490 e. The van der Waals surface area contributed by atoms with Crippen molar-refractivity contribution in [3.05, 3.63) is 98.1 Å². The van der Waals surface area contributed by atoms with Crippen molar-refractivity contribution in [3.63, 3.8) is 0 Å². The smallest absolute Gasteiger partial charge is 0.255 e. The van der Waals surface area contributed by atoms with Crippen LogP contribution in [0.4, 0.5) is 11.6 Å². The SMILES string of the molecule is CCCCSc1nc2n(n1)C(c1cc(Br)c(OCc3ccc(Cl)cc3)c(OCC)c1)C(C(=O)Nc1cccc(C)c1)=C(C)N2. The fourth-order valence-electron chi connectivity index (χ4n) is 4.91. The van der Waals surface area contributed by atoms with Gasteiger partial charge < -0.3 is 20.1 Å². The molecule has 0 saturated heterocycles. The monoisotopic (exact) mass is 695 g/mol. The lowest BCUT2D eigenvalue weighted by molar-refractivity contribution is -0.113. The molecule has 1 atom stereocenters. The number of amides is 1. The van der Waals surface area contributed by atoms with Gasteiger partial charge in [0.25, 0.3) is 5.91 Å². The minimum atomic E-state index is -0.579. The Bertz CT molecular complexity index is 1670. The number of allylic oxidation sites excluding steroid dienone is 1. The van der Waals surface area contributed by atoms with E-state index in [1.807, 2.05) is 81.4 Å². The Balaban J connectivity index is 1.55. The van der Waals surface area contributed by atoms with Gasteiger partial charge in [-0.15, -0.1) is 5.10 Å². The first-order valence-corrected chi connectivity index (χ1v) is 16.7. The van der Waals surface area contributed by atoms with Crippen molar-refractivity contribution in [1.29, 1.82) is 0 Å². The molecular formula is C33H35BrClN5O3S. The van der Waals surface area contributed by atoms with E-state index < -0.39 is 6.04 Å². The number of rotatable bonds is 12. The highest BCUT2D eigenvalue weighted by molar-refractivity contribution is 9.10. The second kappa shape index (κ2) is 14.5. The number of aromatic nitrogens is 3. The Kier molecular flexibility index (Phi) is 10.6. The van der Waals surface area contributed by atoms with E-state index >= 15 is 0 Å². The van der Waals surface area contributed by atoms with Crippen molar-refractivity contribution in [2.75, 3.05) is 23.0 Å². The van der Waals surface area contributed by atoms with E-state index in [1.54, 1.807) is 16.4 Å². The third kappa shape index (κ3) is 7.42. The summed E-state index contributed by atoms with van der Waals surface area (Å²) in [5.74, 6) is 2.39. The molecule has 0 radical (unpaired) electrons. The topological polar surface area (TPSA) is 90.3 Å². The van der Waals surface area contributed by atoms with Crippen molar-refractivity contribution < 1.29 is 14.3 Å². The molecule has 1 aliphatic rings. The number of hydrogen-bond donors (Lipinski definition) is 2. The third-order valence-electron chi connectivity index (χ3n) is 7.03. The van der Waals surface area contributed by atoms with Crippen LogP contribution in [-0.2, 0) is 11.4 Å². The van der Waals surface area contributed by atoms with Crippen molar-refractivity contribution in [3.8, 4) is 11.5 Å². The fraction of sp³-hybridized carbons (Fsp3) is 0.303. The molecule has 0 fully saturated rings. The summed E-state index contributed by atoms with van der Waals surface area (Å²) in [4.78, 5) is 18.8. The molecular weight excluding hydrogens is 662 g/mol. The highest BCUT2D eigenvalue weighted by Gasteiger charge is 2.35. The number of nitrogens with one attached hydrogen (secondary N) is 2. The van der Waals surface area contributed by atoms with Crippen molar-refractivity contribution >= 4 is 56.8 Å². The van der Waals surface area contributed by atoms with Crippen LogP contribution in [0, 0.1) is 6.92 Å². The quantitative estimate of drug-likeness (QED) is 0.113. The van der Waals surface area contributed by atoms with Crippen LogP contribution in [0.15, 0.2) is 81.6 Å². The van der Waals surface area contributed by atoms with Crippen LogP contribution in [0.1, 0.15) is 56.3 Å². The Labute approximate surface area is 275 Å². The highest BCUT2D eigenvalue weighted by Crippen LogP contribution is 2.43. The summed E-state index contributed by atoms with van der Waals surface area (Å²) in [5.41, 5.74) is 4.77. The van der Waals surface area contributed by atoms with Crippen LogP contribution in [-0.4, -0.2) is 33.0 Å². The summed E-state index contributed by atoms with van der Waals surface area (Å²) in [6, 6.07) is 18.6. The Morgan fingerprint density at radius 1 is 1.11 bits per heavy atom. The molecule has 2 heterocycles. The van der Waals surface area contributed by atoms with Gasteiger partial charge in [0, 0.05) is 22.2 Å². The maximum Gasteiger partial charge on any atom is 0.255 e. The number of aryl methyl sites for hydroxylation is 1. The maximum absolute atomic E-state index is 14.0. The normalized spacial score (nSPS) is 14.2. The molecule has 230 valence electrons. The lowest BCUT2D eigenvalue weighted by Crippen LogP contribution is -2.31. The summed E-state index contributed by atoms with van der Waals surface area (Å²) in [7, 11) is 0. The molecule has 4 aromatic rings. The summed E-state index contributed by atoms with van der Waals surface area (Å²) in [5, 5.41) is 12.6. The zero-order valence-electron chi connectivity index (χ0n) is 25.1. The van der Waals surface area contributed by atoms with E-state index in [1.165, 1.54) is 0 Å². The average Bonchev–Trinajstić information content (AvgIpc) is 3.39. The number of fused-ring (bicyclic) bond motifs is 1. The number of carbonyl (C=O) groups is 1.